The fourth-order valence-corrected chi connectivity index (χ4v) is 3.82. The number of hydrogen-bond acceptors (Lipinski definition) is 5. The fourth-order valence-electron chi connectivity index (χ4n) is 3.82. The molecule has 4 rings (SSSR count). The van der Waals surface area contributed by atoms with Gasteiger partial charge in [0.15, 0.2) is 11.6 Å². The van der Waals surface area contributed by atoms with Crippen LogP contribution in [0.5, 0.6) is 5.75 Å². The first-order valence-corrected chi connectivity index (χ1v) is 11.4. The molecule has 0 saturated heterocycles. The van der Waals surface area contributed by atoms with Crippen LogP contribution in [0.2, 0.25) is 0 Å². The van der Waals surface area contributed by atoms with Crippen molar-refractivity contribution in [2.24, 2.45) is 0 Å². The molecule has 2 heterocycles. The minimum Gasteiger partial charge on any atom is -0.494 e. The summed E-state index contributed by atoms with van der Waals surface area (Å²) in [4.78, 5) is 24.8. The maximum Gasteiger partial charge on any atom is 0.255 e. The molecule has 0 fully saturated rings. The number of carbonyl (C=O) groups is 1. The number of amides is 1. The lowest BCUT2D eigenvalue weighted by Crippen LogP contribution is -2.24. The lowest BCUT2D eigenvalue weighted by Gasteiger charge is -2.09. The van der Waals surface area contributed by atoms with Crippen LogP contribution in [0.4, 0.5) is 4.39 Å². The Kier molecular flexibility index (Phi) is 7.92. The third kappa shape index (κ3) is 5.87. The number of hydrogen-bond donors (Lipinski definition) is 1. The van der Waals surface area contributed by atoms with Gasteiger partial charge in [-0.05, 0) is 23.3 Å². The van der Waals surface area contributed by atoms with Gasteiger partial charge in [0.25, 0.3) is 11.5 Å². The SMILES string of the molecule is COCc1nn(Cc2ccc(Cn3ccccc3=O)cc2)cc1C(=O)NCc1cccc(OC)c1F. The third-order valence-electron chi connectivity index (χ3n) is 5.69. The van der Waals surface area contributed by atoms with E-state index in [4.69, 9.17) is 9.47 Å². The van der Waals surface area contributed by atoms with Gasteiger partial charge in [0.05, 0.1) is 32.4 Å². The van der Waals surface area contributed by atoms with Gasteiger partial charge >= 0.3 is 0 Å². The zero-order valence-electron chi connectivity index (χ0n) is 20.1. The number of halogens is 1. The van der Waals surface area contributed by atoms with Crippen molar-refractivity contribution in [1.29, 1.82) is 0 Å². The molecule has 0 aliphatic rings. The molecule has 36 heavy (non-hydrogen) atoms. The average molecular weight is 491 g/mol. The van der Waals surface area contributed by atoms with Crippen LogP contribution in [0.15, 0.2) is 77.9 Å². The Hall–Kier alpha value is -4.24. The van der Waals surface area contributed by atoms with E-state index >= 15 is 0 Å². The quantitative estimate of drug-likeness (QED) is 0.368. The number of carbonyl (C=O) groups excluding carboxylic acids is 1. The summed E-state index contributed by atoms with van der Waals surface area (Å²) in [6.45, 7) is 1.09. The van der Waals surface area contributed by atoms with Gasteiger partial charge in [-0.25, -0.2) is 4.39 Å². The Morgan fingerprint density at radius 3 is 2.44 bits per heavy atom. The molecule has 0 saturated carbocycles. The summed E-state index contributed by atoms with van der Waals surface area (Å²) in [5.74, 6) is -0.760. The first-order chi connectivity index (χ1) is 17.5. The molecular formula is C27H27FN4O4. The second kappa shape index (κ2) is 11.5. The summed E-state index contributed by atoms with van der Waals surface area (Å²) in [6.07, 6.45) is 3.41. The molecule has 4 aromatic rings. The molecule has 1 amide bonds. The first-order valence-electron chi connectivity index (χ1n) is 11.4. The highest BCUT2D eigenvalue weighted by molar-refractivity contribution is 5.95. The highest BCUT2D eigenvalue weighted by atomic mass is 19.1. The van der Waals surface area contributed by atoms with E-state index in [0.717, 1.165) is 11.1 Å². The topological polar surface area (TPSA) is 87.4 Å². The number of nitrogens with zero attached hydrogens (tertiary/aromatic N) is 3. The van der Waals surface area contributed by atoms with E-state index in [2.05, 4.69) is 10.4 Å². The van der Waals surface area contributed by atoms with E-state index < -0.39 is 5.82 Å². The Morgan fingerprint density at radius 2 is 1.75 bits per heavy atom. The van der Waals surface area contributed by atoms with Gasteiger partial charge in [-0.3, -0.25) is 14.3 Å². The predicted octanol–water partition coefficient (Wildman–Crippen LogP) is 3.37. The van der Waals surface area contributed by atoms with Crippen LogP contribution in [0, 0.1) is 5.82 Å². The van der Waals surface area contributed by atoms with E-state index in [1.54, 1.807) is 39.8 Å². The molecule has 2 aromatic carbocycles. The highest BCUT2D eigenvalue weighted by Crippen LogP contribution is 2.20. The van der Waals surface area contributed by atoms with Crippen molar-refractivity contribution >= 4 is 5.91 Å². The number of nitrogens with one attached hydrogen (secondary N) is 1. The van der Waals surface area contributed by atoms with Crippen LogP contribution in [-0.4, -0.2) is 34.5 Å². The van der Waals surface area contributed by atoms with Crippen molar-refractivity contribution in [3.8, 4) is 5.75 Å². The van der Waals surface area contributed by atoms with Crippen molar-refractivity contribution in [3.05, 3.63) is 117 Å². The second-order valence-electron chi connectivity index (χ2n) is 8.22. The lowest BCUT2D eigenvalue weighted by molar-refractivity contribution is 0.0945. The number of rotatable bonds is 10. The van der Waals surface area contributed by atoms with Gasteiger partial charge in [-0.2, -0.15) is 5.10 Å². The van der Waals surface area contributed by atoms with E-state index in [-0.39, 0.29) is 30.4 Å². The van der Waals surface area contributed by atoms with Gasteiger partial charge in [-0.1, -0.05) is 42.5 Å². The highest BCUT2D eigenvalue weighted by Gasteiger charge is 2.18. The minimum absolute atomic E-state index is 0.00539. The van der Waals surface area contributed by atoms with Crippen molar-refractivity contribution in [2.45, 2.75) is 26.2 Å². The smallest absolute Gasteiger partial charge is 0.255 e. The molecule has 8 nitrogen and oxygen atoms in total. The summed E-state index contributed by atoms with van der Waals surface area (Å²) in [6, 6.07) is 17.7. The number of ether oxygens (including phenoxy) is 2. The van der Waals surface area contributed by atoms with Crippen LogP contribution in [0.1, 0.15) is 32.7 Å². The number of aromatic nitrogens is 3. The predicted molar refractivity (Wildman–Crippen MR) is 132 cm³/mol. The Morgan fingerprint density at radius 1 is 1.00 bits per heavy atom. The molecular weight excluding hydrogens is 463 g/mol. The monoisotopic (exact) mass is 490 g/mol. The van der Waals surface area contributed by atoms with E-state index in [0.29, 0.717) is 29.9 Å². The van der Waals surface area contributed by atoms with Crippen LogP contribution >= 0.6 is 0 Å². The Bertz CT molecular complexity index is 1400. The number of pyridine rings is 1. The molecule has 0 aliphatic carbocycles. The molecule has 0 radical (unpaired) electrons. The molecule has 186 valence electrons. The maximum atomic E-state index is 14.4. The molecule has 0 bridgehead atoms. The maximum absolute atomic E-state index is 14.4. The summed E-state index contributed by atoms with van der Waals surface area (Å²) in [5.41, 5.74) is 3.10. The lowest BCUT2D eigenvalue weighted by atomic mass is 10.1. The Labute approximate surface area is 207 Å². The van der Waals surface area contributed by atoms with Gasteiger partial charge in [0, 0.05) is 37.7 Å². The largest absolute Gasteiger partial charge is 0.494 e. The van der Waals surface area contributed by atoms with E-state index in [9.17, 15) is 14.0 Å². The first kappa shape index (κ1) is 24.9. The van der Waals surface area contributed by atoms with Crippen LogP contribution in [-0.2, 0) is 31.0 Å². The molecule has 9 heteroatoms. The van der Waals surface area contributed by atoms with Crippen molar-refractivity contribution < 1.29 is 18.7 Å². The molecule has 0 atom stereocenters. The summed E-state index contributed by atoms with van der Waals surface area (Å²) in [5, 5.41) is 7.26. The van der Waals surface area contributed by atoms with Crippen molar-refractivity contribution in [3.63, 3.8) is 0 Å². The zero-order chi connectivity index (χ0) is 25.5. The van der Waals surface area contributed by atoms with Crippen LogP contribution in [0.25, 0.3) is 0 Å². The van der Waals surface area contributed by atoms with E-state index in [1.165, 1.54) is 26.4 Å². The fraction of sp³-hybridized carbons (Fsp3) is 0.222. The van der Waals surface area contributed by atoms with Crippen LogP contribution in [0.3, 0.4) is 0 Å². The molecule has 2 aromatic heterocycles. The third-order valence-corrected chi connectivity index (χ3v) is 5.69. The van der Waals surface area contributed by atoms with Gasteiger partial charge in [0.1, 0.15) is 5.69 Å². The average Bonchev–Trinajstić information content (AvgIpc) is 3.28. The molecule has 0 unspecified atom stereocenters. The normalized spacial score (nSPS) is 10.9. The van der Waals surface area contributed by atoms with Crippen molar-refractivity contribution in [1.82, 2.24) is 19.7 Å². The van der Waals surface area contributed by atoms with Crippen LogP contribution < -0.4 is 15.6 Å². The Balaban J connectivity index is 1.44. The second-order valence-corrected chi connectivity index (χ2v) is 8.22. The number of methoxy groups -OCH3 is 2. The molecule has 0 aliphatic heterocycles. The van der Waals surface area contributed by atoms with E-state index in [1.807, 2.05) is 30.3 Å². The zero-order valence-corrected chi connectivity index (χ0v) is 20.1. The molecule has 0 spiro atoms. The summed E-state index contributed by atoms with van der Waals surface area (Å²) < 4.78 is 27.9. The van der Waals surface area contributed by atoms with Gasteiger partial charge in [0.2, 0.25) is 0 Å². The van der Waals surface area contributed by atoms with Gasteiger partial charge < -0.3 is 19.4 Å². The number of benzene rings is 2. The molecule has 1 N–H and O–H groups in total. The van der Waals surface area contributed by atoms with Gasteiger partial charge in [-0.15, -0.1) is 0 Å². The standard InChI is InChI=1S/C27H27FN4O4/c1-35-18-23-22(27(34)29-14-21-6-5-7-24(36-2)26(21)28)17-32(30-23)16-20-11-9-19(10-12-20)15-31-13-4-3-8-25(31)33/h3-13,17H,14-16,18H2,1-2H3,(H,29,34). The summed E-state index contributed by atoms with van der Waals surface area (Å²) >= 11 is 0. The summed E-state index contributed by atoms with van der Waals surface area (Å²) in [7, 11) is 2.92. The van der Waals surface area contributed by atoms with Crippen molar-refractivity contribution in [2.75, 3.05) is 14.2 Å². The minimum atomic E-state index is -0.506.